The molecule has 2 aromatic carbocycles. The molecule has 0 heterocycles. The maximum atomic E-state index is 12.7. The molecule has 0 aromatic heterocycles. The van der Waals surface area contributed by atoms with Gasteiger partial charge in [0.25, 0.3) is 0 Å². The molecule has 4 nitrogen and oxygen atoms in total. The number of ether oxygens (including phenoxy) is 1. The maximum Gasteiger partial charge on any atom is 0.335 e. The lowest BCUT2D eigenvalue weighted by Crippen LogP contribution is -1.98. The van der Waals surface area contributed by atoms with Crippen molar-refractivity contribution in [2.24, 2.45) is 0 Å². The van der Waals surface area contributed by atoms with Crippen molar-refractivity contribution in [1.29, 1.82) is 5.26 Å². The monoisotopic (exact) mass is 257 g/mol. The first-order chi connectivity index (χ1) is 9.10. The minimum atomic E-state index is -1.12. The van der Waals surface area contributed by atoms with E-state index in [4.69, 9.17) is 15.1 Å². The van der Waals surface area contributed by atoms with E-state index in [0.717, 1.165) is 0 Å². The zero-order valence-corrected chi connectivity index (χ0v) is 9.63. The van der Waals surface area contributed by atoms with Gasteiger partial charge in [-0.1, -0.05) is 0 Å². The van der Waals surface area contributed by atoms with Gasteiger partial charge in [-0.3, -0.25) is 0 Å². The fourth-order valence-electron chi connectivity index (χ4n) is 1.47. The number of hydrogen-bond acceptors (Lipinski definition) is 3. The van der Waals surface area contributed by atoms with Gasteiger partial charge in [0.1, 0.15) is 23.4 Å². The summed E-state index contributed by atoms with van der Waals surface area (Å²) in [6.45, 7) is 0. The Balaban J connectivity index is 2.33. The van der Waals surface area contributed by atoms with Gasteiger partial charge in [0.2, 0.25) is 0 Å². The lowest BCUT2D eigenvalue weighted by atomic mass is 10.1. The standard InChI is InChI=1S/C14H8FNO3/c15-11-2-4-12(5-3-11)19-13-6-1-9(14(17)18)7-10(13)8-16/h1-7H,(H,17,18). The molecule has 0 unspecified atom stereocenters. The highest BCUT2D eigenvalue weighted by Gasteiger charge is 2.10. The first kappa shape index (κ1) is 12.6. The topological polar surface area (TPSA) is 70.3 Å². The molecule has 5 heteroatoms. The molecule has 0 fully saturated rings. The first-order valence-corrected chi connectivity index (χ1v) is 5.31. The van der Waals surface area contributed by atoms with E-state index in [1.165, 1.54) is 42.5 Å². The van der Waals surface area contributed by atoms with Crippen molar-refractivity contribution in [2.45, 2.75) is 0 Å². The number of rotatable bonds is 3. The van der Waals surface area contributed by atoms with E-state index in [2.05, 4.69) is 0 Å². The van der Waals surface area contributed by atoms with Crippen LogP contribution in [0.5, 0.6) is 11.5 Å². The number of nitriles is 1. The van der Waals surface area contributed by atoms with Gasteiger partial charge in [-0.25, -0.2) is 9.18 Å². The van der Waals surface area contributed by atoms with E-state index in [9.17, 15) is 9.18 Å². The molecule has 0 atom stereocenters. The summed E-state index contributed by atoms with van der Waals surface area (Å²) in [5.41, 5.74) is 0.104. The van der Waals surface area contributed by atoms with Crippen molar-refractivity contribution >= 4 is 5.97 Å². The summed E-state index contributed by atoms with van der Waals surface area (Å²) < 4.78 is 18.1. The molecule has 0 radical (unpaired) electrons. The molecule has 2 rings (SSSR count). The molecule has 0 aliphatic carbocycles. The molecule has 0 spiro atoms. The molecular weight excluding hydrogens is 249 g/mol. The van der Waals surface area contributed by atoms with Crippen molar-refractivity contribution in [1.82, 2.24) is 0 Å². The summed E-state index contributed by atoms with van der Waals surface area (Å²) in [5, 5.41) is 17.8. The minimum absolute atomic E-state index is 0.00278. The Kier molecular flexibility index (Phi) is 3.44. The lowest BCUT2D eigenvalue weighted by molar-refractivity contribution is 0.0697. The van der Waals surface area contributed by atoms with Gasteiger partial charge in [-0.2, -0.15) is 5.26 Å². The highest BCUT2D eigenvalue weighted by Crippen LogP contribution is 2.26. The van der Waals surface area contributed by atoms with Crippen LogP contribution in [0.4, 0.5) is 4.39 Å². The molecule has 0 amide bonds. The van der Waals surface area contributed by atoms with Crippen molar-refractivity contribution in [2.75, 3.05) is 0 Å². The first-order valence-electron chi connectivity index (χ1n) is 5.31. The summed E-state index contributed by atoms with van der Waals surface area (Å²) in [4.78, 5) is 10.8. The van der Waals surface area contributed by atoms with Crippen LogP contribution in [0, 0.1) is 17.1 Å². The van der Waals surface area contributed by atoms with E-state index in [1.807, 2.05) is 6.07 Å². The maximum absolute atomic E-state index is 12.7. The molecule has 0 saturated heterocycles. The van der Waals surface area contributed by atoms with Crippen molar-refractivity contribution < 1.29 is 19.0 Å². The Morgan fingerprint density at radius 1 is 1.21 bits per heavy atom. The Labute approximate surface area is 108 Å². The van der Waals surface area contributed by atoms with Gasteiger partial charge in [0, 0.05) is 0 Å². The van der Waals surface area contributed by atoms with Crippen LogP contribution in [0.2, 0.25) is 0 Å². The van der Waals surface area contributed by atoms with Crippen LogP contribution in [0.1, 0.15) is 15.9 Å². The van der Waals surface area contributed by atoms with Crippen LogP contribution in [0.3, 0.4) is 0 Å². The molecule has 0 bridgehead atoms. The van der Waals surface area contributed by atoms with Gasteiger partial charge in [0.05, 0.1) is 11.1 Å². The van der Waals surface area contributed by atoms with Crippen LogP contribution in [0.15, 0.2) is 42.5 Å². The van der Waals surface area contributed by atoms with Gasteiger partial charge in [-0.05, 0) is 42.5 Å². The molecule has 19 heavy (non-hydrogen) atoms. The Hall–Kier alpha value is -2.87. The second kappa shape index (κ2) is 5.19. The van der Waals surface area contributed by atoms with E-state index < -0.39 is 11.8 Å². The second-order valence-corrected chi connectivity index (χ2v) is 3.68. The Morgan fingerprint density at radius 2 is 1.89 bits per heavy atom. The van der Waals surface area contributed by atoms with Gasteiger partial charge in [-0.15, -0.1) is 0 Å². The summed E-state index contributed by atoms with van der Waals surface area (Å²) in [6.07, 6.45) is 0. The third-order valence-electron chi connectivity index (χ3n) is 2.39. The number of carboxylic acid groups (broad SMARTS) is 1. The molecule has 0 saturated carbocycles. The fourth-order valence-corrected chi connectivity index (χ4v) is 1.47. The minimum Gasteiger partial charge on any atom is -0.478 e. The SMILES string of the molecule is N#Cc1cc(C(=O)O)ccc1Oc1ccc(F)cc1. The van der Waals surface area contributed by atoms with Gasteiger partial charge < -0.3 is 9.84 Å². The Morgan fingerprint density at radius 3 is 2.47 bits per heavy atom. The van der Waals surface area contributed by atoms with Gasteiger partial charge >= 0.3 is 5.97 Å². The number of carboxylic acids is 1. The van der Waals surface area contributed by atoms with E-state index >= 15 is 0 Å². The molecule has 2 aromatic rings. The zero-order chi connectivity index (χ0) is 13.8. The number of benzene rings is 2. The largest absolute Gasteiger partial charge is 0.478 e. The second-order valence-electron chi connectivity index (χ2n) is 3.68. The molecule has 94 valence electrons. The number of nitrogens with zero attached hydrogens (tertiary/aromatic N) is 1. The summed E-state index contributed by atoms with van der Waals surface area (Å²) in [6, 6.07) is 11.1. The fraction of sp³-hybridized carbons (Fsp3) is 0. The number of hydrogen-bond donors (Lipinski definition) is 1. The Bertz CT molecular complexity index is 659. The highest BCUT2D eigenvalue weighted by atomic mass is 19.1. The average molecular weight is 257 g/mol. The molecule has 0 aliphatic heterocycles. The molecule has 0 aliphatic rings. The van der Waals surface area contributed by atoms with Crippen LogP contribution >= 0.6 is 0 Å². The quantitative estimate of drug-likeness (QED) is 0.916. The lowest BCUT2D eigenvalue weighted by Gasteiger charge is -2.07. The van der Waals surface area contributed by atoms with Gasteiger partial charge in [0.15, 0.2) is 0 Å². The third-order valence-corrected chi connectivity index (χ3v) is 2.39. The number of carbonyl (C=O) groups is 1. The van der Waals surface area contributed by atoms with Crippen molar-refractivity contribution in [3.8, 4) is 17.6 Å². The molecule has 1 N–H and O–H groups in total. The summed E-state index contributed by atoms with van der Waals surface area (Å²) >= 11 is 0. The molecular formula is C14H8FNO3. The predicted octanol–water partition coefficient (Wildman–Crippen LogP) is 3.19. The number of halogens is 1. The van der Waals surface area contributed by atoms with E-state index in [-0.39, 0.29) is 16.9 Å². The predicted molar refractivity (Wildman–Crippen MR) is 64.6 cm³/mol. The smallest absolute Gasteiger partial charge is 0.335 e. The highest BCUT2D eigenvalue weighted by molar-refractivity contribution is 5.88. The van der Waals surface area contributed by atoms with E-state index in [1.54, 1.807) is 0 Å². The van der Waals surface area contributed by atoms with Crippen LogP contribution in [0.25, 0.3) is 0 Å². The third kappa shape index (κ3) is 2.87. The number of aromatic carboxylic acids is 1. The summed E-state index contributed by atoms with van der Waals surface area (Å²) in [5.74, 6) is -0.931. The normalized spacial score (nSPS) is 9.68. The van der Waals surface area contributed by atoms with E-state index in [0.29, 0.717) is 5.75 Å². The average Bonchev–Trinajstić information content (AvgIpc) is 2.41. The summed E-state index contributed by atoms with van der Waals surface area (Å²) in [7, 11) is 0. The zero-order valence-electron chi connectivity index (χ0n) is 9.63. The van der Waals surface area contributed by atoms with Crippen molar-refractivity contribution in [3.63, 3.8) is 0 Å². The van der Waals surface area contributed by atoms with Crippen LogP contribution in [-0.4, -0.2) is 11.1 Å². The van der Waals surface area contributed by atoms with Crippen LogP contribution < -0.4 is 4.74 Å². The van der Waals surface area contributed by atoms with Crippen molar-refractivity contribution in [3.05, 3.63) is 59.4 Å². The van der Waals surface area contributed by atoms with Crippen LogP contribution in [-0.2, 0) is 0 Å².